The van der Waals surface area contributed by atoms with Gasteiger partial charge in [-0.05, 0) is 51.8 Å². The van der Waals surface area contributed by atoms with E-state index in [9.17, 15) is 9.59 Å². The van der Waals surface area contributed by atoms with Gasteiger partial charge in [0.2, 0.25) is 0 Å². The quantitative estimate of drug-likeness (QED) is 0.151. The molecule has 5 aromatic rings. The van der Waals surface area contributed by atoms with Crippen molar-refractivity contribution in [3.8, 4) is 0 Å². The van der Waals surface area contributed by atoms with Crippen molar-refractivity contribution in [1.82, 2.24) is 34.9 Å². The van der Waals surface area contributed by atoms with Crippen LogP contribution in [0.5, 0.6) is 0 Å². The molecule has 0 aromatic carbocycles. The highest BCUT2D eigenvalue weighted by atomic mass is 79.9. The second-order valence-electron chi connectivity index (χ2n) is 8.27. The lowest BCUT2D eigenvalue weighted by Crippen LogP contribution is -2.05. The van der Waals surface area contributed by atoms with Gasteiger partial charge in [0.1, 0.15) is 52.1 Å². The number of rotatable bonds is 6. The highest BCUT2D eigenvalue weighted by Gasteiger charge is 2.22. The summed E-state index contributed by atoms with van der Waals surface area (Å²) in [6.45, 7) is 4.75. The first-order chi connectivity index (χ1) is 19.8. The first-order valence-corrected chi connectivity index (χ1v) is 14.1. The number of ether oxygens (including phenoxy) is 2. The number of pyridine rings is 1. The summed E-state index contributed by atoms with van der Waals surface area (Å²) in [6.07, 6.45) is 6.35. The Bertz CT molecular complexity index is 1820. The second-order valence-corrected chi connectivity index (χ2v) is 10.2. The number of nitrogens with zero attached hydrogens (tertiary/aromatic N) is 6. The average molecular weight is 706 g/mol. The summed E-state index contributed by atoms with van der Waals surface area (Å²) in [7, 11) is 0. The number of fused-ring (bicyclic) bond motifs is 3. The zero-order valence-electron chi connectivity index (χ0n) is 21.5. The lowest BCUT2D eigenvalue weighted by Gasteiger charge is -2.07. The van der Waals surface area contributed by atoms with Crippen LogP contribution in [-0.4, -0.2) is 66.3 Å². The van der Waals surface area contributed by atoms with E-state index in [1.54, 1.807) is 20.0 Å². The maximum atomic E-state index is 12.1. The predicted octanol–water partition coefficient (Wildman–Crippen LogP) is 5.52. The van der Waals surface area contributed by atoms with Crippen molar-refractivity contribution >= 4 is 95.3 Å². The third-order valence-electron chi connectivity index (χ3n) is 5.73. The second kappa shape index (κ2) is 12.3. The van der Waals surface area contributed by atoms with Crippen molar-refractivity contribution in [3.05, 3.63) is 61.5 Å². The molecule has 3 N–H and O–H groups in total. The molecule has 1 aliphatic rings. The molecule has 16 heteroatoms. The Morgan fingerprint density at radius 2 is 1.54 bits per heavy atom. The zero-order chi connectivity index (χ0) is 29.1. The predicted molar refractivity (Wildman–Crippen MR) is 159 cm³/mol. The smallest absolute Gasteiger partial charge is 0.355 e. The third-order valence-corrected chi connectivity index (χ3v) is 7.61. The molecule has 6 rings (SSSR count). The molecule has 6 heterocycles. The van der Waals surface area contributed by atoms with Crippen molar-refractivity contribution < 1.29 is 19.1 Å². The van der Waals surface area contributed by atoms with Crippen molar-refractivity contribution in [3.63, 3.8) is 0 Å². The summed E-state index contributed by atoms with van der Waals surface area (Å²) in [5.74, 6) is 0.262. The van der Waals surface area contributed by atoms with Crippen LogP contribution in [0.3, 0.4) is 0 Å². The summed E-state index contributed by atoms with van der Waals surface area (Å²) < 4.78 is 11.0. The number of esters is 2. The monoisotopic (exact) mass is 703 g/mol. The molecule has 0 unspecified atom stereocenters. The van der Waals surface area contributed by atoms with E-state index in [1.807, 2.05) is 12.3 Å². The van der Waals surface area contributed by atoms with Crippen LogP contribution in [0.1, 0.15) is 46.0 Å². The Balaban J connectivity index is 0.000000182. The molecule has 0 fully saturated rings. The number of carbonyl (C=O) groups is 2. The summed E-state index contributed by atoms with van der Waals surface area (Å²) >= 11 is 12.6. The molecule has 210 valence electrons. The Labute approximate surface area is 253 Å². The van der Waals surface area contributed by atoms with Crippen molar-refractivity contribution in [2.24, 2.45) is 4.99 Å². The van der Waals surface area contributed by atoms with Gasteiger partial charge < -0.3 is 24.8 Å². The van der Waals surface area contributed by atoms with Gasteiger partial charge in [-0.2, -0.15) is 0 Å². The van der Waals surface area contributed by atoms with Gasteiger partial charge in [-0.25, -0.2) is 34.5 Å². The number of aromatic nitrogens is 7. The molecular weight excluding hydrogens is 686 g/mol. The Morgan fingerprint density at radius 3 is 2.17 bits per heavy atom. The van der Waals surface area contributed by atoms with E-state index in [0.29, 0.717) is 67.2 Å². The summed E-state index contributed by atoms with van der Waals surface area (Å²) in [4.78, 5) is 54.3. The summed E-state index contributed by atoms with van der Waals surface area (Å²) in [5.41, 5.74) is 3.73. The molecule has 5 aromatic heterocycles. The summed E-state index contributed by atoms with van der Waals surface area (Å²) in [5, 5.41) is 4.69. The van der Waals surface area contributed by atoms with Gasteiger partial charge in [-0.15, -0.1) is 0 Å². The molecular formula is C25H20Br2ClN9O4. The highest BCUT2D eigenvalue weighted by molar-refractivity contribution is 9.11. The van der Waals surface area contributed by atoms with Crippen LogP contribution < -0.4 is 5.32 Å². The number of nitrogens with one attached hydrogen (secondary N) is 3. The van der Waals surface area contributed by atoms with Crippen LogP contribution in [0, 0.1) is 0 Å². The summed E-state index contributed by atoms with van der Waals surface area (Å²) in [6, 6.07) is 1.91. The number of carbonyl (C=O) groups excluding carboxylic acids is 2. The lowest BCUT2D eigenvalue weighted by atomic mass is 10.2. The molecule has 41 heavy (non-hydrogen) atoms. The van der Waals surface area contributed by atoms with Crippen molar-refractivity contribution in [2.45, 2.75) is 20.4 Å². The van der Waals surface area contributed by atoms with Gasteiger partial charge in [-0.3, -0.25) is 4.99 Å². The Hall–Kier alpha value is -3.95. The molecule has 0 saturated carbocycles. The van der Waals surface area contributed by atoms with Gasteiger partial charge in [-0.1, -0.05) is 11.6 Å². The van der Waals surface area contributed by atoms with E-state index < -0.39 is 11.9 Å². The van der Waals surface area contributed by atoms with Crippen LogP contribution in [-0.2, 0) is 16.0 Å². The molecule has 0 saturated heterocycles. The fraction of sp³-hybridized carbons (Fsp3) is 0.200. The van der Waals surface area contributed by atoms with E-state index in [-0.39, 0.29) is 11.8 Å². The molecule has 0 radical (unpaired) electrons. The molecule has 0 spiro atoms. The number of anilines is 2. The fourth-order valence-corrected chi connectivity index (χ4v) is 5.52. The minimum atomic E-state index is -0.455. The van der Waals surface area contributed by atoms with Gasteiger partial charge in [0.05, 0.1) is 39.5 Å². The highest BCUT2D eigenvalue weighted by Crippen LogP contribution is 2.33. The van der Waals surface area contributed by atoms with Crippen molar-refractivity contribution in [2.75, 3.05) is 18.5 Å². The number of halogens is 3. The van der Waals surface area contributed by atoms with Gasteiger partial charge >= 0.3 is 11.9 Å². The first kappa shape index (κ1) is 28.6. The minimum absolute atomic E-state index is 0.281. The number of hydrogen-bond acceptors (Lipinski definition) is 11. The van der Waals surface area contributed by atoms with Gasteiger partial charge in [0, 0.05) is 23.5 Å². The van der Waals surface area contributed by atoms with Gasteiger partial charge in [0.15, 0.2) is 0 Å². The fourth-order valence-electron chi connectivity index (χ4n) is 3.90. The lowest BCUT2D eigenvalue weighted by molar-refractivity contribution is 0.0510. The molecule has 13 nitrogen and oxygen atoms in total. The van der Waals surface area contributed by atoms with Crippen LogP contribution in [0.2, 0.25) is 5.15 Å². The average Bonchev–Trinajstić information content (AvgIpc) is 3.66. The third kappa shape index (κ3) is 5.78. The topological polar surface area (TPSA) is 173 Å². The molecule has 1 aliphatic heterocycles. The van der Waals surface area contributed by atoms with E-state index in [0.717, 1.165) is 11.1 Å². The van der Waals surface area contributed by atoms with E-state index >= 15 is 0 Å². The van der Waals surface area contributed by atoms with E-state index in [2.05, 4.69) is 77.1 Å². The van der Waals surface area contributed by atoms with Crippen molar-refractivity contribution in [1.29, 1.82) is 0 Å². The number of aromatic amines is 2. The number of H-pyrrole nitrogens is 2. The maximum Gasteiger partial charge on any atom is 0.355 e. The number of hydrogen-bond donors (Lipinski definition) is 3. The number of aliphatic imine (C=N–C) groups is 1. The first-order valence-electron chi connectivity index (χ1n) is 12.1. The molecule has 0 bridgehead atoms. The standard InChI is InChI=1S/C16H13BrN6O2.C9H7BrClN3O2/c1-2-25-16(24)13-12(17)11-14(20-7-21-15(11)23-13)22-10-3-8-4-18-5-9(8)6-19-10;1-2-16-9(15)6-5(10)4-7(11)12-3-13-8(4)14-6/h3-4,6-7H,2,5H2,1H3,(H2,19,20,21,22,23);3H,2H2,1H3,(H,12,13,14). The zero-order valence-corrected chi connectivity index (χ0v) is 25.4. The molecule has 0 atom stereocenters. The van der Waals surface area contributed by atoms with Crippen LogP contribution in [0.4, 0.5) is 11.6 Å². The Kier molecular flexibility index (Phi) is 8.56. The normalized spacial score (nSPS) is 11.7. The SMILES string of the molecule is CCOC(=O)c1[nH]c2ncnc(Cl)c2c1Br.CCOC(=O)c1[nH]c2ncnc(Nc3cc4c(cn3)CN=C4)c2c1Br. The van der Waals surface area contributed by atoms with Crippen LogP contribution in [0.15, 0.2) is 38.9 Å². The van der Waals surface area contributed by atoms with Crippen LogP contribution in [0.25, 0.3) is 22.1 Å². The van der Waals surface area contributed by atoms with E-state index in [1.165, 1.54) is 12.7 Å². The minimum Gasteiger partial charge on any atom is -0.461 e. The maximum absolute atomic E-state index is 12.1. The Morgan fingerprint density at radius 1 is 0.927 bits per heavy atom. The molecule has 0 aliphatic carbocycles. The molecule has 0 amide bonds. The van der Waals surface area contributed by atoms with Crippen LogP contribution >= 0.6 is 43.5 Å². The van der Waals surface area contributed by atoms with Gasteiger partial charge in [0.25, 0.3) is 0 Å². The van der Waals surface area contributed by atoms with E-state index in [4.69, 9.17) is 21.1 Å². The largest absolute Gasteiger partial charge is 0.461 e.